The summed E-state index contributed by atoms with van der Waals surface area (Å²) in [5.41, 5.74) is 1.25. The van der Waals surface area contributed by atoms with Crippen LogP contribution in [0.2, 0.25) is 5.15 Å². The van der Waals surface area contributed by atoms with Crippen molar-refractivity contribution in [1.29, 1.82) is 0 Å². The maximum Gasteiger partial charge on any atom is 0.129 e. The lowest BCUT2D eigenvalue weighted by Crippen LogP contribution is -1.80. The minimum Gasteiger partial charge on any atom is -0.244 e. The minimum atomic E-state index is 0.574. The molecular formula is C8H7ClN. The first-order valence-electron chi connectivity index (χ1n) is 3.33. The van der Waals surface area contributed by atoms with Crippen molar-refractivity contribution >= 4 is 11.6 Å². The molecule has 1 aromatic rings. The first-order chi connectivity index (χ1) is 4.86. The van der Waals surface area contributed by atoms with E-state index in [-0.39, 0.29) is 0 Å². The van der Waals surface area contributed by atoms with Crippen molar-refractivity contribution in [2.75, 3.05) is 0 Å². The van der Waals surface area contributed by atoms with Crippen molar-refractivity contribution in [2.24, 2.45) is 0 Å². The van der Waals surface area contributed by atoms with E-state index in [2.05, 4.69) is 4.98 Å². The summed E-state index contributed by atoms with van der Waals surface area (Å²) in [5.74, 6) is 1.50. The van der Waals surface area contributed by atoms with Gasteiger partial charge in [-0.3, -0.25) is 0 Å². The first kappa shape index (κ1) is 6.17. The van der Waals surface area contributed by atoms with Crippen LogP contribution in [-0.4, -0.2) is 4.98 Å². The molecule has 0 N–H and O–H groups in total. The monoisotopic (exact) mass is 152 g/mol. The van der Waals surface area contributed by atoms with Gasteiger partial charge in [0.1, 0.15) is 5.15 Å². The Morgan fingerprint density at radius 3 is 2.60 bits per heavy atom. The van der Waals surface area contributed by atoms with E-state index >= 15 is 0 Å². The zero-order valence-electron chi connectivity index (χ0n) is 5.47. The summed E-state index contributed by atoms with van der Waals surface area (Å²) >= 11 is 5.62. The Balaban J connectivity index is 2.28. The second-order valence-corrected chi connectivity index (χ2v) is 2.86. The van der Waals surface area contributed by atoms with Gasteiger partial charge < -0.3 is 0 Å². The van der Waals surface area contributed by atoms with Gasteiger partial charge in [0, 0.05) is 12.1 Å². The van der Waals surface area contributed by atoms with Crippen LogP contribution in [0.4, 0.5) is 0 Å². The zero-order valence-corrected chi connectivity index (χ0v) is 6.23. The van der Waals surface area contributed by atoms with E-state index in [1.807, 2.05) is 18.3 Å². The molecule has 0 saturated heterocycles. The van der Waals surface area contributed by atoms with E-state index in [1.54, 1.807) is 0 Å². The zero-order chi connectivity index (χ0) is 6.97. The van der Waals surface area contributed by atoms with Gasteiger partial charge in [0.2, 0.25) is 0 Å². The maximum absolute atomic E-state index is 5.62. The quantitative estimate of drug-likeness (QED) is 0.564. The second-order valence-electron chi connectivity index (χ2n) is 2.47. The smallest absolute Gasteiger partial charge is 0.129 e. The van der Waals surface area contributed by atoms with Crippen LogP contribution in [0.15, 0.2) is 18.3 Å². The van der Waals surface area contributed by atoms with Gasteiger partial charge in [-0.2, -0.15) is 0 Å². The number of rotatable bonds is 1. The Kier molecular flexibility index (Phi) is 1.38. The average Bonchev–Trinajstić information content (AvgIpc) is 2.71. The molecule has 0 spiro atoms. The largest absolute Gasteiger partial charge is 0.244 e. The van der Waals surface area contributed by atoms with Crippen molar-refractivity contribution in [3.63, 3.8) is 0 Å². The summed E-state index contributed by atoms with van der Waals surface area (Å²) < 4.78 is 0. The number of hydrogen-bond donors (Lipinski definition) is 0. The molecule has 0 aromatic carbocycles. The molecule has 0 aliphatic heterocycles. The van der Waals surface area contributed by atoms with Crippen molar-refractivity contribution in [2.45, 2.75) is 12.8 Å². The van der Waals surface area contributed by atoms with E-state index in [9.17, 15) is 0 Å². The van der Waals surface area contributed by atoms with Crippen LogP contribution in [0, 0.1) is 5.92 Å². The van der Waals surface area contributed by atoms with Crippen LogP contribution in [0.1, 0.15) is 18.4 Å². The number of halogens is 1. The predicted octanol–water partition coefficient (Wildman–Crippen LogP) is 2.45. The Morgan fingerprint density at radius 2 is 2.10 bits per heavy atom. The third-order valence-electron chi connectivity index (χ3n) is 1.64. The van der Waals surface area contributed by atoms with E-state index in [0.29, 0.717) is 5.15 Å². The summed E-state index contributed by atoms with van der Waals surface area (Å²) in [6.45, 7) is 0. The van der Waals surface area contributed by atoms with Crippen LogP contribution in [0.25, 0.3) is 0 Å². The van der Waals surface area contributed by atoms with Gasteiger partial charge in [0.25, 0.3) is 0 Å². The molecule has 1 nitrogen and oxygen atoms in total. The SMILES string of the molecule is Clc1ccc([C]2CC2)cn1. The standard InChI is InChI=1S/C8H7ClN/c9-8-4-3-7(5-10-8)6-1-2-6/h3-5H,1-2H2. The summed E-state index contributed by atoms with van der Waals surface area (Å²) in [7, 11) is 0. The lowest BCUT2D eigenvalue weighted by atomic mass is 10.2. The Hall–Kier alpha value is -0.560. The highest BCUT2D eigenvalue weighted by molar-refractivity contribution is 6.29. The Bertz CT molecular complexity index is 226. The predicted molar refractivity (Wildman–Crippen MR) is 40.8 cm³/mol. The normalized spacial score (nSPS) is 17.3. The lowest BCUT2D eigenvalue weighted by molar-refractivity contribution is 1.26. The number of pyridine rings is 1. The molecule has 0 bridgehead atoms. The molecule has 2 heteroatoms. The Morgan fingerprint density at radius 1 is 1.30 bits per heavy atom. The van der Waals surface area contributed by atoms with Crippen LogP contribution in [0.5, 0.6) is 0 Å². The molecule has 1 radical (unpaired) electrons. The van der Waals surface area contributed by atoms with Gasteiger partial charge >= 0.3 is 0 Å². The summed E-state index contributed by atoms with van der Waals surface area (Å²) in [4.78, 5) is 3.98. The fourth-order valence-electron chi connectivity index (χ4n) is 0.936. The minimum absolute atomic E-state index is 0.574. The van der Waals surface area contributed by atoms with Crippen LogP contribution < -0.4 is 0 Å². The van der Waals surface area contributed by atoms with Gasteiger partial charge in [0.05, 0.1) is 0 Å². The van der Waals surface area contributed by atoms with E-state index in [0.717, 1.165) is 0 Å². The van der Waals surface area contributed by atoms with Gasteiger partial charge in [-0.1, -0.05) is 17.7 Å². The molecular weight excluding hydrogens is 146 g/mol. The van der Waals surface area contributed by atoms with Crippen molar-refractivity contribution in [3.8, 4) is 0 Å². The molecule has 0 atom stereocenters. The number of aromatic nitrogens is 1. The molecule has 1 aliphatic carbocycles. The van der Waals surface area contributed by atoms with Gasteiger partial charge in [-0.25, -0.2) is 4.98 Å². The second kappa shape index (κ2) is 2.24. The molecule has 1 saturated carbocycles. The fraction of sp³-hybridized carbons (Fsp3) is 0.250. The topological polar surface area (TPSA) is 12.9 Å². The molecule has 0 unspecified atom stereocenters. The van der Waals surface area contributed by atoms with Crippen LogP contribution >= 0.6 is 11.6 Å². The molecule has 10 heavy (non-hydrogen) atoms. The summed E-state index contributed by atoms with van der Waals surface area (Å²) in [6.07, 6.45) is 4.32. The average molecular weight is 153 g/mol. The Labute approximate surface area is 65.0 Å². The van der Waals surface area contributed by atoms with E-state index in [1.165, 1.54) is 24.3 Å². The van der Waals surface area contributed by atoms with Crippen molar-refractivity contribution < 1.29 is 0 Å². The first-order valence-corrected chi connectivity index (χ1v) is 3.71. The highest BCUT2D eigenvalue weighted by Gasteiger charge is 2.24. The maximum atomic E-state index is 5.62. The van der Waals surface area contributed by atoms with Crippen LogP contribution in [0.3, 0.4) is 0 Å². The summed E-state index contributed by atoms with van der Waals surface area (Å²) in [5, 5.41) is 0.574. The van der Waals surface area contributed by atoms with Crippen LogP contribution in [-0.2, 0) is 0 Å². The highest BCUT2D eigenvalue weighted by Crippen LogP contribution is 2.38. The number of hydrogen-bond acceptors (Lipinski definition) is 1. The van der Waals surface area contributed by atoms with E-state index < -0.39 is 0 Å². The lowest BCUT2D eigenvalue weighted by Gasteiger charge is -1.93. The molecule has 1 aromatic heterocycles. The van der Waals surface area contributed by atoms with E-state index in [4.69, 9.17) is 11.6 Å². The van der Waals surface area contributed by atoms with Gasteiger partial charge in [0.15, 0.2) is 0 Å². The van der Waals surface area contributed by atoms with Crippen molar-refractivity contribution in [1.82, 2.24) is 4.98 Å². The number of nitrogens with zero attached hydrogens (tertiary/aromatic N) is 1. The molecule has 1 fully saturated rings. The molecule has 51 valence electrons. The molecule has 1 heterocycles. The summed E-state index contributed by atoms with van der Waals surface area (Å²) in [6, 6.07) is 3.86. The highest BCUT2D eigenvalue weighted by atomic mass is 35.5. The third-order valence-corrected chi connectivity index (χ3v) is 1.86. The third kappa shape index (κ3) is 1.14. The van der Waals surface area contributed by atoms with Gasteiger partial charge in [-0.05, 0) is 24.5 Å². The molecule has 0 amide bonds. The van der Waals surface area contributed by atoms with Gasteiger partial charge in [-0.15, -0.1) is 0 Å². The molecule has 2 rings (SSSR count). The fourth-order valence-corrected chi connectivity index (χ4v) is 1.05. The molecule has 1 aliphatic rings. The van der Waals surface area contributed by atoms with Crippen molar-refractivity contribution in [3.05, 3.63) is 35.0 Å².